The maximum atomic E-state index is 4.25. The van der Waals surface area contributed by atoms with Crippen LogP contribution in [0.15, 0.2) is 23.7 Å². The third kappa shape index (κ3) is 3.38. The highest BCUT2D eigenvalue weighted by Gasteiger charge is 2.01. The molecule has 1 heterocycles. The zero-order valence-electron chi connectivity index (χ0n) is 10.6. The van der Waals surface area contributed by atoms with Gasteiger partial charge in [0.15, 0.2) is 0 Å². The van der Waals surface area contributed by atoms with Crippen LogP contribution in [0.2, 0.25) is 0 Å². The highest BCUT2D eigenvalue weighted by molar-refractivity contribution is 7.09. The fourth-order valence-corrected chi connectivity index (χ4v) is 2.73. The Morgan fingerprint density at radius 1 is 1.06 bits per heavy atom. The first kappa shape index (κ1) is 12.3. The summed E-state index contributed by atoms with van der Waals surface area (Å²) < 4.78 is 0. The van der Waals surface area contributed by atoms with Crippen molar-refractivity contribution in [2.24, 2.45) is 0 Å². The molecule has 0 aliphatic rings. The molecule has 0 saturated heterocycles. The molecule has 2 aromatic rings. The molecule has 0 fully saturated rings. The Bertz CT molecular complexity index is 482. The van der Waals surface area contributed by atoms with Gasteiger partial charge in [-0.3, -0.25) is 0 Å². The lowest BCUT2D eigenvalue weighted by Gasteiger charge is -2.06. The second-order valence-corrected chi connectivity index (χ2v) is 5.40. The van der Waals surface area contributed by atoms with Crippen molar-refractivity contribution in [3.63, 3.8) is 0 Å². The van der Waals surface area contributed by atoms with E-state index in [1.807, 2.05) is 5.51 Å². The van der Waals surface area contributed by atoms with Gasteiger partial charge in [0.25, 0.3) is 0 Å². The van der Waals surface area contributed by atoms with Gasteiger partial charge in [0, 0.05) is 18.0 Å². The smallest absolute Gasteiger partial charge is 0.0798 e. The zero-order chi connectivity index (χ0) is 12.3. The van der Waals surface area contributed by atoms with Gasteiger partial charge in [0.2, 0.25) is 0 Å². The average Bonchev–Trinajstić information content (AvgIpc) is 2.63. The quantitative estimate of drug-likeness (QED) is 0.894. The van der Waals surface area contributed by atoms with Gasteiger partial charge in [-0.1, -0.05) is 29.3 Å². The van der Waals surface area contributed by atoms with E-state index in [4.69, 9.17) is 0 Å². The van der Waals surface area contributed by atoms with Crippen LogP contribution in [0.5, 0.6) is 0 Å². The van der Waals surface area contributed by atoms with Gasteiger partial charge in [-0.25, -0.2) is 4.98 Å². The van der Waals surface area contributed by atoms with Crippen LogP contribution in [0.25, 0.3) is 0 Å². The predicted molar refractivity (Wildman–Crippen MR) is 73.3 cm³/mol. The highest BCUT2D eigenvalue weighted by atomic mass is 32.1. The summed E-state index contributed by atoms with van der Waals surface area (Å²) in [5.41, 5.74) is 7.06. The van der Waals surface area contributed by atoms with Crippen molar-refractivity contribution in [2.45, 2.75) is 33.9 Å². The molecule has 0 unspecified atom stereocenters. The van der Waals surface area contributed by atoms with E-state index in [1.165, 1.54) is 21.6 Å². The van der Waals surface area contributed by atoms with Crippen LogP contribution in [0.1, 0.15) is 27.3 Å². The monoisotopic (exact) mass is 246 g/mol. The molecule has 2 nitrogen and oxygen atoms in total. The van der Waals surface area contributed by atoms with Crippen LogP contribution in [0.3, 0.4) is 0 Å². The highest BCUT2D eigenvalue weighted by Crippen LogP contribution is 2.12. The molecule has 0 radical (unpaired) electrons. The molecule has 2 rings (SSSR count). The van der Waals surface area contributed by atoms with Crippen molar-refractivity contribution in [3.8, 4) is 0 Å². The summed E-state index contributed by atoms with van der Waals surface area (Å²) in [4.78, 5) is 5.58. The van der Waals surface area contributed by atoms with Gasteiger partial charge in [-0.15, -0.1) is 11.3 Å². The minimum atomic E-state index is 0.906. The second kappa shape index (κ2) is 5.43. The van der Waals surface area contributed by atoms with Gasteiger partial charge in [-0.05, 0) is 26.3 Å². The van der Waals surface area contributed by atoms with Crippen LogP contribution >= 0.6 is 11.3 Å². The lowest BCUT2D eigenvalue weighted by molar-refractivity contribution is 0.696. The fraction of sp³-hybridized carbons (Fsp3) is 0.357. The van der Waals surface area contributed by atoms with E-state index in [0.29, 0.717) is 0 Å². The second-order valence-electron chi connectivity index (χ2n) is 4.46. The van der Waals surface area contributed by atoms with E-state index in [1.54, 1.807) is 11.3 Å². The third-order valence-electron chi connectivity index (χ3n) is 2.74. The van der Waals surface area contributed by atoms with Gasteiger partial charge >= 0.3 is 0 Å². The number of aryl methyl sites for hydroxylation is 3. The molecule has 0 amide bonds. The lowest BCUT2D eigenvalue weighted by Crippen LogP contribution is -2.12. The standard InChI is InChI=1S/C14H18N2S/c1-10-4-11(2)6-13(5-10)7-15-8-14-12(3)16-9-17-14/h4-6,9,15H,7-8H2,1-3H3. The summed E-state index contributed by atoms with van der Waals surface area (Å²) in [6.45, 7) is 8.17. The van der Waals surface area contributed by atoms with Gasteiger partial charge < -0.3 is 5.32 Å². The molecule has 1 N–H and O–H groups in total. The van der Waals surface area contributed by atoms with Crippen LogP contribution in [0.4, 0.5) is 0 Å². The van der Waals surface area contributed by atoms with Gasteiger partial charge in [-0.2, -0.15) is 0 Å². The van der Waals surface area contributed by atoms with E-state index in [9.17, 15) is 0 Å². The summed E-state index contributed by atoms with van der Waals surface area (Å²) in [5.74, 6) is 0. The summed E-state index contributed by atoms with van der Waals surface area (Å²) in [7, 11) is 0. The Hall–Kier alpha value is -1.19. The molecule has 0 aliphatic carbocycles. The Morgan fingerprint density at radius 2 is 1.76 bits per heavy atom. The molecule has 1 aromatic heterocycles. The number of hydrogen-bond acceptors (Lipinski definition) is 3. The van der Waals surface area contributed by atoms with E-state index < -0.39 is 0 Å². The molecule has 0 spiro atoms. The number of nitrogens with one attached hydrogen (secondary N) is 1. The van der Waals surface area contributed by atoms with Crippen molar-refractivity contribution < 1.29 is 0 Å². The normalized spacial score (nSPS) is 10.8. The van der Waals surface area contributed by atoms with E-state index in [2.05, 4.69) is 49.3 Å². The molecular formula is C14H18N2S. The first-order chi connectivity index (χ1) is 8.15. The van der Waals surface area contributed by atoms with Crippen molar-refractivity contribution in [3.05, 3.63) is 51.0 Å². The number of thiazole rings is 1. The average molecular weight is 246 g/mol. The SMILES string of the molecule is Cc1cc(C)cc(CNCc2scnc2C)c1. The molecule has 0 bridgehead atoms. The van der Waals surface area contributed by atoms with Crippen molar-refractivity contribution in [1.82, 2.24) is 10.3 Å². The van der Waals surface area contributed by atoms with Crippen LogP contribution < -0.4 is 5.32 Å². The Balaban J connectivity index is 1.92. The topological polar surface area (TPSA) is 24.9 Å². The first-order valence-corrected chi connectivity index (χ1v) is 6.70. The zero-order valence-corrected chi connectivity index (χ0v) is 11.4. The van der Waals surface area contributed by atoms with Gasteiger partial charge in [0.1, 0.15) is 0 Å². The van der Waals surface area contributed by atoms with Crippen molar-refractivity contribution >= 4 is 11.3 Å². The summed E-state index contributed by atoms with van der Waals surface area (Å²) in [6.07, 6.45) is 0. The maximum absolute atomic E-state index is 4.25. The maximum Gasteiger partial charge on any atom is 0.0798 e. The van der Waals surface area contributed by atoms with Gasteiger partial charge in [0.05, 0.1) is 11.2 Å². The fourth-order valence-electron chi connectivity index (χ4n) is 1.99. The minimum absolute atomic E-state index is 0.906. The summed E-state index contributed by atoms with van der Waals surface area (Å²) in [6, 6.07) is 6.68. The van der Waals surface area contributed by atoms with Crippen LogP contribution in [-0.4, -0.2) is 4.98 Å². The lowest BCUT2D eigenvalue weighted by atomic mass is 10.1. The predicted octanol–water partition coefficient (Wildman–Crippen LogP) is 3.36. The first-order valence-electron chi connectivity index (χ1n) is 5.82. The molecule has 3 heteroatoms. The summed E-state index contributed by atoms with van der Waals surface area (Å²) in [5, 5.41) is 3.47. The molecule has 1 aromatic carbocycles. The Labute approximate surface area is 107 Å². The molecule has 0 atom stereocenters. The number of benzene rings is 1. The number of rotatable bonds is 4. The number of hydrogen-bond donors (Lipinski definition) is 1. The van der Waals surface area contributed by atoms with Crippen LogP contribution in [-0.2, 0) is 13.1 Å². The number of nitrogens with zero attached hydrogens (tertiary/aromatic N) is 1. The van der Waals surface area contributed by atoms with Crippen LogP contribution in [0, 0.1) is 20.8 Å². The molecule has 0 aliphatic heterocycles. The van der Waals surface area contributed by atoms with Crippen molar-refractivity contribution in [2.75, 3.05) is 0 Å². The van der Waals surface area contributed by atoms with E-state index in [-0.39, 0.29) is 0 Å². The van der Waals surface area contributed by atoms with E-state index in [0.717, 1.165) is 18.8 Å². The Morgan fingerprint density at radius 3 is 2.35 bits per heavy atom. The van der Waals surface area contributed by atoms with Crippen molar-refractivity contribution in [1.29, 1.82) is 0 Å². The number of aromatic nitrogens is 1. The largest absolute Gasteiger partial charge is 0.308 e. The van der Waals surface area contributed by atoms with E-state index >= 15 is 0 Å². The molecule has 90 valence electrons. The molecule has 0 saturated carbocycles. The summed E-state index contributed by atoms with van der Waals surface area (Å²) >= 11 is 1.72. The molecular weight excluding hydrogens is 228 g/mol. The Kier molecular flexibility index (Phi) is 3.92. The minimum Gasteiger partial charge on any atom is -0.308 e. The third-order valence-corrected chi connectivity index (χ3v) is 3.68. The molecule has 17 heavy (non-hydrogen) atoms.